The highest BCUT2D eigenvalue weighted by atomic mass is 32.1. The largest absolute Gasteiger partial charge is 0.349 e. The van der Waals surface area contributed by atoms with Crippen molar-refractivity contribution in [3.05, 3.63) is 280 Å². The zero-order chi connectivity index (χ0) is 59.3. The minimum absolute atomic E-state index is 0.0801. The first-order chi connectivity index (χ1) is 40.7. The van der Waals surface area contributed by atoms with E-state index in [9.17, 15) is 19.2 Å². The van der Waals surface area contributed by atoms with Crippen LogP contribution in [0.2, 0.25) is 0 Å². The highest BCUT2D eigenvalue weighted by Gasteiger charge is 2.34. The second kappa shape index (κ2) is 28.9. The van der Waals surface area contributed by atoms with Gasteiger partial charge in [-0.3, -0.25) is 19.2 Å². The summed E-state index contributed by atoms with van der Waals surface area (Å²) in [5.74, 6) is 1.17. The zero-order valence-corrected chi connectivity index (χ0v) is 51.8. The van der Waals surface area contributed by atoms with Crippen LogP contribution in [0.4, 0.5) is 0 Å². The van der Waals surface area contributed by atoms with Crippen LogP contribution in [-0.4, -0.2) is 47.8 Å². The first-order valence-electron chi connectivity index (χ1n) is 28.9. The topological polar surface area (TPSA) is 116 Å². The van der Waals surface area contributed by atoms with E-state index < -0.39 is 0 Å². The first kappa shape index (κ1) is 61.1. The van der Waals surface area contributed by atoms with E-state index >= 15 is 0 Å². The number of carbonyl (C=O) groups is 4. The number of nitrogens with one attached hydrogen (secondary N) is 4. The highest BCUT2D eigenvalue weighted by Crippen LogP contribution is 2.44. The molecule has 4 aromatic heterocycles. The number of aryl methyl sites for hydroxylation is 4. The van der Waals surface area contributed by atoms with Gasteiger partial charge >= 0.3 is 0 Å². The monoisotopic (exact) mass is 1190 g/mol. The van der Waals surface area contributed by atoms with Gasteiger partial charge in [-0.15, -0.1) is 45.3 Å². The minimum Gasteiger partial charge on any atom is -0.349 e. The maximum Gasteiger partial charge on any atom is 0.243 e. The molecule has 0 fully saturated rings. The summed E-state index contributed by atoms with van der Waals surface area (Å²) >= 11 is 7.16. The van der Waals surface area contributed by atoms with Crippen LogP contribution in [0, 0.1) is 27.7 Å². The average Bonchev–Trinajstić information content (AvgIpc) is 4.56. The molecule has 8 nitrogen and oxygen atoms in total. The molecule has 0 spiro atoms. The van der Waals surface area contributed by atoms with E-state index in [-0.39, 0.29) is 47.8 Å². The maximum atomic E-state index is 11.6. The van der Waals surface area contributed by atoms with Crippen molar-refractivity contribution in [2.24, 2.45) is 0 Å². The van der Waals surface area contributed by atoms with E-state index in [2.05, 4.69) is 218 Å². The molecule has 4 aliphatic rings. The second-order valence-electron chi connectivity index (χ2n) is 22.2. The molecule has 12 heteroatoms. The number of thiophene rings is 4. The number of benzene rings is 4. The summed E-state index contributed by atoms with van der Waals surface area (Å²) in [5, 5.41) is 20.9. The smallest absolute Gasteiger partial charge is 0.243 e. The molecule has 84 heavy (non-hydrogen) atoms. The highest BCUT2D eigenvalue weighted by molar-refractivity contribution is 7.11. The molecule has 4 aliphatic carbocycles. The molecular weight excluding hydrogens is 1110 g/mol. The third-order valence-electron chi connectivity index (χ3n) is 16.8. The lowest BCUT2D eigenvalue weighted by atomic mass is 9.79. The molecule has 0 saturated carbocycles. The summed E-state index contributed by atoms with van der Waals surface area (Å²) in [7, 11) is 0. The van der Waals surface area contributed by atoms with Crippen LogP contribution in [0.5, 0.6) is 0 Å². The minimum atomic E-state index is -0.0801. The molecule has 0 saturated heterocycles. The lowest BCUT2D eigenvalue weighted by molar-refractivity contribution is -0.118. The molecule has 12 rings (SSSR count). The van der Waals surface area contributed by atoms with Gasteiger partial charge in [0.25, 0.3) is 0 Å². The number of fused-ring (bicyclic) bond motifs is 4. The Hall–Kier alpha value is -7.48. The molecule has 0 radical (unpaired) electrons. The molecule has 8 atom stereocenters. The van der Waals surface area contributed by atoms with Gasteiger partial charge in [0.15, 0.2) is 0 Å². The number of hydrogen-bond acceptors (Lipinski definition) is 8. The van der Waals surface area contributed by atoms with E-state index in [0.717, 1.165) is 51.4 Å². The molecular formula is C72H76N4O4S4. The lowest BCUT2D eigenvalue weighted by Gasteiger charge is -2.31. The van der Waals surface area contributed by atoms with Gasteiger partial charge in [0, 0.05) is 93.0 Å². The van der Waals surface area contributed by atoms with Crippen LogP contribution in [0.1, 0.15) is 136 Å². The molecule has 4 aromatic carbocycles. The molecule has 0 unspecified atom stereocenters. The van der Waals surface area contributed by atoms with Crippen LogP contribution < -0.4 is 21.3 Å². The Morgan fingerprint density at radius 2 is 0.536 bits per heavy atom. The van der Waals surface area contributed by atoms with E-state index in [1.54, 1.807) is 45.3 Å². The van der Waals surface area contributed by atoms with Crippen LogP contribution in [0.15, 0.2) is 193 Å². The van der Waals surface area contributed by atoms with Crippen molar-refractivity contribution in [1.82, 2.24) is 21.3 Å². The molecule has 4 amide bonds. The van der Waals surface area contributed by atoms with Crippen molar-refractivity contribution in [3.63, 3.8) is 0 Å². The normalized spacial score (nSPS) is 20.6. The summed E-state index contributed by atoms with van der Waals surface area (Å²) < 4.78 is 0. The average molecular weight is 1190 g/mol. The molecule has 4 N–H and O–H groups in total. The van der Waals surface area contributed by atoms with E-state index in [1.165, 1.54) is 111 Å². The van der Waals surface area contributed by atoms with Crippen LogP contribution in [0.3, 0.4) is 0 Å². The Kier molecular flexibility index (Phi) is 21.0. The Morgan fingerprint density at radius 3 is 0.726 bits per heavy atom. The predicted molar refractivity (Wildman–Crippen MR) is 351 cm³/mol. The summed E-state index contributed by atoms with van der Waals surface area (Å²) in [4.78, 5) is 52.0. The van der Waals surface area contributed by atoms with Gasteiger partial charge in [-0.05, 0) is 190 Å². The fraction of sp³-hybridized carbons (Fsp3) is 0.278. The third-order valence-corrected chi connectivity index (χ3v) is 20.6. The van der Waals surface area contributed by atoms with Crippen LogP contribution in [0.25, 0.3) is 0 Å². The second-order valence-corrected chi connectivity index (χ2v) is 26.2. The zero-order valence-electron chi connectivity index (χ0n) is 48.5. The molecule has 8 aromatic rings. The summed E-state index contributed by atoms with van der Waals surface area (Å²) in [6, 6.07) is 43.9. The van der Waals surface area contributed by atoms with Gasteiger partial charge < -0.3 is 21.3 Å². The van der Waals surface area contributed by atoms with Gasteiger partial charge in [-0.1, -0.05) is 123 Å². The molecule has 0 aliphatic heterocycles. The van der Waals surface area contributed by atoms with Crippen molar-refractivity contribution in [2.45, 2.75) is 127 Å². The third kappa shape index (κ3) is 14.9. The summed E-state index contributed by atoms with van der Waals surface area (Å²) in [6.45, 7) is 22.8. The SMILES string of the molecule is C=CC(=O)N[C@@H]1Cc2sccc2[C@@H](c2ccccc2C)C1.C=CC(=O)N[C@@H]1Cc2sccc2[C@H](c2ccccc2C)C1.C=CC(=O)N[C@H]1Cc2sccc2[C@@H](c2ccccc2C)C1.C=CC(=O)N[C@H]1Cc2sccc2[C@H](c2ccccc2C)C1. The summed E-state index contributed by atoms with van der Waals surface area (Å²) in [5.41, 5.74) is 16.5. The number of carbonyl (C=O) groups excluding carboxylic acids is 4. The van der Waals surface area contributed by atoms with Crippen molar-refractivity contribution in [1.29, 1.82) is 0 Å². The van der Waals surface area contributed by atoms with E-state index in [4.69, 9.17) is 0 Å². The number of hydrogen-bond donors (Lipinski definition) is 4. The fourth-order valence-electron chi connectivity index (χ4n) is 12.8. The van der Waals surface area contributed by atoms with Crippen molar-refractivity contribution < 1.29 is 19.2 Å². The van der Waals surface area contributed by atoms with Crippen LogP contribution in [-0.2, 0) is 44.9 Å². The van der Waals surface area contributed by atoms with Crippen molar-refractivity contribution >= 4 is 69.0 Å². The van der Waals surface area contributed by atoms with Gasteiger partial charge in [0.05, 0.1) is 0 Å². The standard InChI is InChI=1S/4C18H19NOS/c4*1-3-18(20)19-13-10-16(14-7-5-4-6-12(14)2)15-8-9-21-17(15)11-13/h4*3-9,13,16H,1,10-11H2,2H3,(H,19,20)/t2*13-,16+;2*13-,16-/m1010/s1. The van der Waals surface area contributed by atoms with Crippen molar-refractivity contribution in [3.8, 4) is 0 Å². The van der Waals surface area contributed by atoms with E-state index in [1.807, 2.05) is 0 Å². The molecule has 4 heterocycles. The quantitative estimate of drug-likeness (QED) is 0.0912. The number of amides is 4. The number of rotatable bonds is 12. The Balaban J connectivity index is 0.000000134. The fourth-order valence-corrected chi connectivity index (χ4v) is 16.8. The first-order valence-corrected chi connectivity index (χ1v) is 32.5. The predicted octanol–water partition coefficient (Wildman–Crippen LogP) is 15.2. The van der Waals surface area contributed by atoms with Gasteiger partial charge in [-0.2, -0.15) is 0 Å². The van der Waals surface area contributed by atoms with Gasteiger partial charge in [0.2, 0.25) is 23.6 Å². The van der Waals surface area contributed by atoms with Crippen molar-refractivity contribution in [2.75, 3.05) is 0 Å². The van der Waals surface area contributed by atoms with Gasteiger partial charge in [0.1, 0.15) is 0 Å². The Bertz CT molecular complexity index is 3160. The summed E-state index contributed by atoms with van der Waals surface area (Å²) in [6.07, 6.45) is 12.9. The molecule has 0 bridgehead atoms. The van der Waals surface area contributed by atoms with Crippen LogP contribution >= 0.6 is 45.3 Å². The lowest BCUT2D eigenvalue weighted by Crippen LogP contribution is -2.39. The van der Waals surface area contributed by atoms with Gasteiger partial charge in [-0.25, -0.2) is 0 Å². The Labute approximate surface area is 512 Å². The van der Waals surface area contributed by atoms with E-state index in [0.29, 0.717) is 23.7 Å². The maximum absolute atomic E-state index is 11.6. The Morgan fingerprint density at radius 1 is 0.333 bits per heavy atom. The molecule has 432 valence electrons.